The van der Waals surface area contributed by atoms with Crippen LogP contribution in [0.15, 0.2) is 22.6 Å². The number of fused-ring (bicyclic) bond motifs is 1. The van der Waals surface area contributed by atoms with Crippen molar-refractivity contribution in [3.63, 3.8) is 0 Å². The van der Waals surface area contributed by atoms with E-state index in [0.29, 0.717) is 16.8 Å². The number of rotatable bonds is 4. The summed E-state index contributed by atoms with van der Waals surface area (Å²) in [6, 6.07) is 5.60. The number of benzene rings is 1. The lowest BCUT2D eigenvalue weighted by Gasteiger charge is -1.99. The van der Waals surface area contributed by atoms with Crippen LogP contribution in [0.1, 0.15) is 17.3 Å². The lowest BCUT2D eigenvalue weighted by Crippen LogP contribution is -2.14. The van der Waals surface area contributed by atoms with Crippen molar-refractivity contribution in [1.82, 2.24) is 9.97 Å². The van der Waals surface area contributed by atoms with E-state index in [-0.39, 0.29) is 12.3 Å². The number of aryl methyl sites for hydroxylation is 2. The van der Waals surface area contributed by atoms with Gasteiger partial charge < -0.3 is 14.5 Å². The lowest BCUT2D eigenvalue weighted by molar-refractivity contribution is -0.115. The molecule has 0 unspecified atom stereocenters. The van der Waals surface area contributed by atoms with E-state index in [2.05, 4.69) is 15.3 Å². The Bertz CT molecular complexity index is 838. The summed E-state index contributed by atoms with van der Waals surface area (Å²) in [5.41, 5.74) is 1.56. The van der Waals surface area contributed by atoms with Crippen molar-refractivity contribution in [2.75, 3.05) is 12.4 Å². The van der Waals surface area contributed by atoms with Gasteiger partial charge in [-0.1, -0.05) is 11.3 Å². The molecule has 0 radical (unpaired) electrons. The van der Waals surface area contributed by atoms with Crippen molar-refractivity contribution in [3.05, 3.63) is 35.5 Å². The number of ether oxygens (including phenoxy) is 1. The number of hydrogen-bond acceptors (Lipinski definition) is 6. The van der Waals surface area contributed by atoms with Crippen LogP contribution < -0.4 is 10.1 Å². The van der Waals surface area contributed by atoms with Crippen LogP contribution in [0.25, 0.3) is 10.2 Å². The van der Waals surface area contributed by atoms with Crippen molar-refractivity contribution < 1.29 is 13.9 Å². The minimum atomic E-state index is -0.176. The molecule has 22 heavy (non-hydrogen) atoms. The first-order valence-corrected chi connectivity index (χ1v) is 7.54. The predicted molar refractivity (Wildman–Crippen MR) is 84.5 cm³/mol. The third kappa shape index (κ3) is 2.94. The van der Waals surface area contributed by atoms with Crippen LogP contribution in [0.4, 0.5) is 5.13 Å². The highest BCUT2D eigenvalue weighted by atomic mass is 32.1. The van der Waals surface area contributed by atoms with E-state index >= 15 is 0 Å². The Labute approximate surface area is 131 Å². The molecule has 0 saturated heterocycles. The van der Waals surface area contributed by atoms with Gasteiger partial charge >= 0.3 is 0 Å². The maximum Gasteiger partial charge on any atom is 0.233 e. The van der Waals surface area contributed by atoms with Gasteiger partial charge in [0.05, 0.1) is 29.4 Å². The zero-order valence-corrected chi connectivity index (χ0v) is 13.3. The van der Waals surface area contributed by atoms with Crippen molar-refractivity contribution in [3.8, 4) is 5.75 Å². The average molecular weight is 317 g/mol. The molecule has 0 fully saturated rings. The third-order valence-corrected chi connectivity index (χ3v) is 4.10. The molecule has 1 aromatic carbocycles. The number of anilines is 1. The Balaban J connectivity index is 1.75. The second-order valence-electron chi connectivity index (χ2n) is 4.82. The second kappa shape index (κ2) is 5.76. The highest BCUT2D eigenvalue weighted by molar-refractivity contribution is 7.22. The highest BCUT2D eigenvalue weighted by Gasteiger charge is 2.14. The molecule has 0 bridgehead atoms. The number of nitrogens with one attached hydrogen (secondary N) is 1. The molecule has 6 nitrogen and oxygen atoms in total. The molecule has 0 saturated carbocycles. The Morgan fingerprint density at radius 2 is 2.18 bits per heavy atom. The molecule has 0 aliphatic heterocycles. The molecule has 7 heteroatoms. The average Bonchev–Trinajstić information content (AvgIpc) is 3.00. The van der Waals surface area contributed by atoms with Gasteiger partial charge in [0, 0.05) is 6.92 Å². The summed E-state index contributed by atoms with van der Waals surface area (Å²) in [4.78, 5) is 20.6. The van der Waals surface area contributed by atoms with Crippen molar-refractivity contribution in [2.24, 2.45) is 0 Å². The summed E-state index contributed by atoms with van der Waals surface area (Å²) < 4.78 is 11.5. The first kappa shape index (κ1) is 14.5. The minimum Gasteiger partial charge on any atom is -0.497 e. The SMILES string of the molecule is COc1ccc2nc(NC(=O)Cc3oc(C)nc3C)sc2c1. The van der Waals surface area contributed by atoms with E-state index in [4.69, 9.17) is 9.15 Å². The number of carbonyl (C=O) groups excluding carboxylic acids is 1. The zero-order chi connectivity index (χ0) is 15.7. The van der Waals surface area contributed by atoms with Gasteiger partial charge in [-0.05, 0) is 25.1 Å². The van der Waals surface area contributed by atoms with Gasteiger partial charge in [0.1, 0.15) is 11.5 Å². The van der Waals surface area contributed by atoms with E-state index in [1.807, 2.05) is 25.1 Å². The second-order valence-corrected chi connectivity index (χ2v) is 5.85. The maximum atomic E-state index is 12.1. The highest BCUT2D eigenvalue weighted by Crippen LogP contribution is 2.29. The molecule has 114 valence electrons. The van der Waals surface area contributed by atoms with Crippen LogP contribution in [0.3, 0.4) is 0 Å². The molecule has 2 aromatic heterocycles. The molecule has 0 spiro atoms. The Morgan fingerprint density at radius 3 is 2.86 bits per heavy atom. The van der Waals surface area contributed by atoms with Gasteiger partial charge in [-0.3, -0.25) is 4.79 Å². The number of amides is 1. The van der Waals surface area contributed by atoms with E-state index < -0.39 is 0 Å². The molecule has 3 rings (SSSR count). The number of nitrogens with zero attached hydrogens (tertiary/aromatic N) is 2. The van der Waals surface area contributed by atoms with Crippen LogP contribution in [0.5, 0.6) is 5.75 Å². The zero-order valence-electron chi connectivity index (χ0n) is 12.5. The van der Waals surface area contributed by atoms with Gasteiger partial charge in [0.15, 0.2) is 11.0 Å². The standard InChI is InChI=1S/C15H15N3O3S/c1-8-12(21-9(2)16-8)7-14(19)18-15-17-11-5-4-10(20-3)6-13(11)22-15/h4-6H,7H2,1-3H3,(H,17,18,19). The van der Waals surface area contributed by atoms with Gasteiger partial charge in [-0.15, -0.1) is 0 Å². The molecule has 0 aliphatic rings. The number of thiazole rings is 1. The molecule has 2 heterocycles. The number of hydrogen-bond donors (Lipinski definition) is 1. The van der Waals surface area contributed by atoms with E-state index in [9.17, 15) is 4.79 Å². The summed E-state index contributed by atoms with van der Waals surface area (Å²) in [5, 5.41) is 3.35. The van der Waals surface area contributed by atoms with Crippen molar-refractivity contribution in [1.29, 1.82) is 0 Å². The quantitative estimate of drug-likeness (QED) is 0.800. The summed E-state index contributed by atoms with van der Waals surface area (Å²) in [6.07, 6.45) is 0.145. The van der Waals surface area contributed by atoms with Crippen LogP contribution in [-0.4, -0.2) is 23.0 Å². The molecule has 1 amide bonds. The smallest absolute Gasteiger partial charge is 0.233 e. The fraction of sp³-hybridized carbons (Fsp3) is 0.267. The molecule has 3 aromatic rings. The Hall–Kier alpha value is -2.41. The van der Waals surface area contributed by atoms with Gasteiger partial charge in [-0.25, -0.2) is 9.97 Å². The molecule has 0 aliphatic carbocycles. The number of methoxy groups -OCH3 is 1. The molecule has 1 N–H and O–H groups in total. The third-order valence-electron chi connectivity index (χ3n) is 3.16. The number of oxazole rings is 1. The van der Waals surface area contributed by atoms with Gasteiger partial charge in [-0.2, -0.15) is 0 Å². The Kier molecular flexibility index (Phi) is 3.81. The number of carbonyl (C=O) groups is 1. The van der Waals surface area contributed by atoms with Crippen molar-refractivity contribution >= 4 is 32.6 Å². The first-order chi connectivity index (χ1) is 10.5. The fourth-order valence-electron chi connectivity index (χ4n) is 2.13. The molecular weight excluding hydrogens is 302 g/mol. The summed E-state index contributed by atoms with van der Waals surface area (Å²) in [5.74, 6) is 1.73. The van der Waals surface area contributed by atoms with Crippen molar-refractivity contribution in [2.45, 2.75) is 20.3 Å². The topological polar surface area (TPSA) is 77.2 Å². The Morgan fingerprint density at radius 1 is 1.36 bits per heavy atom. The van der Waals surface area contributed by atoms with Crippen LogP contribution in [0, 0.1) is 13.8 Å². The summed E-state index contributed by atoms with van der Waals surface area (Å²) in [6.45, 7) is 3.58. The predicted octanol–water partition coefficient (Wildman–Crippen LogP) is 3.09. The van der Waals surface area contributed by atoms with E-state index in [0.717, 1.165) is 21.7 Å². The van der Waals surface area contributed by atoms with Crippen LogP contribution in [-0.2, 0) is 11.2 Å². The van der Waals surface area contributed by atoms with Crippen LogP contribution >= 0.6 is 11.3 Å². The first-order valence-electron chi connectivity index (χ1n) is 6.72. The lowest BCUT2D eigenvalue weighted by atomic mass is 10.3. The number of aromatic nitrogens is 2. The van der Waals surface area contributed by atoms with Crippen LogP contribution in [0.2, 0.25) is 0 Å². The molecular formula is C15H15N3O3S. The normalized spacial score (nSPS) is 10.9. The largest absolute Gasteiger partial charge is 0.497 e. The maximum absolute atomic E-state index is 12.1. The van der Waals surface area contributed by atoms with E-state index in [1.54, 1.807) is 14.0 Å². The minimum absolute atomic E-state index is 0.145. The summed E-state index contributed by atoms with van der Waals surface area (Å²) >= 11 is 1.41. The van der Waals surface area contributed by atoms with Gasteiger partial charge in [0.25, 0.3) is 0 Å². The van der Waals surface area contributed by atoms with E-state index in [1.165, 1.54) is 11.3 Å². The monoisotopic (exact) mass is 317 g/mol. The fourth-order valence-corrected chi connectivity index (χ4v) is 3.04. The molecule has 0 atom stereocenters. The van der Waals surface area contributed by atoms with Gasteiger partial charge in [0.2, 0.25) is 5.91 Å². The summed E-state index contributed by atoms with van der Waals surface area (Å²) in [7, 11) is 1.62.